The van der Waals surface area contributed by atoms with Crippen molar-refractivity contribution < 1.29 is 0 Å². The third kappa shape index (κ3) is 6.18. The van der Waals surface area contributed by atoms with E-state index < -0.39 is 0 Å². The fourth-order valence-corrected chi connectivity index (χ4v) is 3.84. The summed E-state index contributed by atoms with van der Waals surface area (Å²) in [5.74, 6) is 0.964. The second-order valence-corrected chi connectivity index (χ2v) is 8.33. The normalized spacial score (nSPS) is 13.2. The van der Waals surface area contributed by atoms with Gasteiger partial charge in [0.05, 0.1) is 21.4 Å². The maximum atomic E-state index is 6.24. The highest BCUT2D eigenvalue weighted by Gasteiger charge is 2.14. The van der Waals surface area contributed by atoms with E-state index in [1.54, 1.807) is 24.5 Å². The van der Waals surface area contributed by atoms with Crippen molar-refractivity contribution in [2.24, 2.45) is 0 Å². The molecule has 168 valence electrons. The Hall–Kier alpha value is -2.77. The van der Waals surface area contributed by atoms with Crippen LogP contribution in [-0.4, -0.2) is 46.1 Å². The summed E-state index contributed by atoms with van der Waals surface area (Å²) in [7, 11) is 0. The van der Waals surface area contributed by atoms with Crippen molar-refractivity contribution in [2.75, 3.05) is 31.1 Å². The zero-order valence-electron chi connectivity index (χ0n) is 17.6. The Bertz CT molecular complexity index is 1190. The summed E-state index contributed by atoms with van der Waals surface area (Å²) in [4.78, 5) is 19.5. The summed E-state index contributed by atoms with van der Waals surface area (Å²) in [5.41, 5.74) is 2.89. The molecular weight excluding hydrogens is 479 g/mol. The predicted octanol–water partition coefficient (Wildman–Crippen LogP) is 5.66. The molecule has 1 N–H and O–H groups in total. The molecule has 0 bridgehead atoms. The molecule has 0 aliphatic carbocycles. The Morgan fingerprint density at radius 3 is 1.82 bits per heavy atom. The molecule has 6 nitrogen and oxygen atoms in total. The Labute approximate surface area is 207 Å². The number of nitrogens with one attached hydrogen (secondary N) is 1. The molecule has 4 aromatic rings. The van der Waals surface area contributed by atoms with E-state index in [4.69, 9.17) is 34.8 Å². The molecule has 1 saturated heterocycles. The van der Waals surface area contributed by atoms with Crippen molar-refractivity contribution in [1.82, 2.24) is 25.3 Å². The third-order valence-electron chi connectivity index (χ3n) is 4.90. The zero-order chi connectivity index (χ0) is 23.0. The van der Waals surface area contributed by atoms with Crippen LogP contribution in [0, 0.1) is 0 Å². The number of anilines is 1. The fourth-order valence-electron chi connectivity index (χ4n) is 3.29. The second kappa shape index (κ2) is 11.4. The SMILES string of the molecule is Clc1ccc(Cl)c(-c2ccccn2)n1.Clc1ccc(N2CCNCC2)nc1-c1ccccn1. The van der Waals surface area contributed by atoms with E-state index in [2.05, 4.69) is 30.2 Å². The van der Waals surface area contributed by atoms with E-state index in [1.165, 1.54) is 0 Å². The first-order valence-corrected chi connectivity index (χ1v) is 11.5. The second-order valence-electron chi connectivity index (χ2n) is 7.13. The molecule has 0 amide bonds. The number of hydrogen-bond acceptors (Lipinski definition) is 6. The fraction of sp³-hybridized carbons (Fsp3) is 0.167. The first-order chi connectivity index (χ1) is 16.1. The van der Waals surface area contributed by atoms with E-state index in [0.717, 1.165) is 49.1 Å². The quantitative estimate of drug-likeness (QED) is 0.367. The number of piperazine rings is 1. The average molecular weight is 500 g/mol. The smallest absolute Gasteiger partial charge is 0.129 e. The minimum Gasteiger partial charge on any atom is -0.354 e. The summed E-state index contributed by atoms with van der Waals surface area (Å²) in [6, 6.07) is 18.5. The van der Waals surface area contributed by atoms with Crippen LogP contribution in [0.15, 0.2) is 73.1 Å². The highest BCUT2D eigenvalue weighted by atomic mass is 35.5. The van der Waals surface area contributed by atoms with Gasteiger partial charge in [-0.1, -0.05) is 46.9 Å². The van der Waals surface area contributed by atoms with Crippen LogP contribution in [0.5, 0.6) is 0 Å². The summed E-state index contributed by atoms with van der Waals surface area (Å²) in [6.07, 6.45) is 3.44. The summed E-state index contributed by atoms with van der Waals surface area (Å²) in [6.45, 7) is 3.92. The number of aromatic nitrogens is 4. The Morgan fingerprint density at radius 2 is 1.24 bits per heavy atom. The molecule has 0 atom stereocenters. The lowest BCUT2D eigenvalue weighted by atomic mass is 10.2. The van der Waals surface area contributed by atoms with Gasteiger partial charge < -0.3 is 10.2 Å². The molecule has 5 heterocycles. The molecule has 33 heavy (non-hydrogen) atoms. The van der Waals surface area contributed by atoms with Crippen LogP contribution in [0.4, 0.5) is 5.82 Å². The lowest BCUT2D eigenvalue weighted by Crippen LogP contribution is -2.43. The Kier molecular flexibility index (Phi) is 8.07. The van der Waals surface area contributed by atoms with Gasteiger partial charge in [-0.25, -0.2) is 9.97 Å². The van der Waals surface area contributed by atoms with Crippen LogP contribution in [0.1, 0.15) is 0 Å². The maximum absolute atomic E-state index is 6.24. The first kappa shape index (κ1) is 23.4. The molecule has 1 fully saturated rings. The van der Waals surface area contributed by atoms with Crippen molar-refractivity contribution in [3.8, 4) is 22.8 Å². The molecule has 1 aliphatic heterocycles. The zero-order valence-corrected chi connectivity index (χ0v) is 19.9. The maximum Gasteiger partial charge on any atom is 0.129 e. The van der Waals surface area contributed by atoms with E-state index in [0.29, 0.717) is 20.9 Å². The van der Waals surface area contributed by atoms with Crippen molar-refractivity contribution in [3.63, 3.8) is 0 Å². The molecule has 5 rings (SSSR count). The van der Waals surface area contributed by atoms with Crippen LogP contribution in [0.25, 0.3) is 22.8 Å². The monoisotopic (exact) mass is 498 g/mol. The van der Waals surface area contributed by atoms with Crippen molar-refractivity contribution >= 4 is 40.6 Å². The molecule has 4 aromatic heterocycles. The predicted molar refractivity (Wildman–Crippen MR) is 135 cm³/mol. The molecule has 1 aliphatic rings. The van der Waals surface area contributed by atoms with Gasteiger partial charge >= 0.3 is 0 Å². The molecule has 9 heteroatoms. The van der Waals surface area contributed by atoms with Gasteiger partial charge in [0.25, 0.3) is 0 Å². The van der Waals surface area contributed by atoms with E-state index in [9.17, 15) is 0 Å². The van der Waals surface area contributed by atoms with Gasteiger partial charge in [-0.05, 0) is 48.5 Å². The molecule has 0 unspecified atom stereocenters. The number of pyridine rings is 4. The molecule has 0 spiro atoms. The molecule has 0 radical (unpaired) electrons. The summed E-state index contributed by atoms with van der Waals surface area (Å²) < 4.78 is 0. The van der Waals surface area contributed by atoms with Gasteiger partial charge in [0.15, 0.2) is 0 Å². The number of halogens is 3. The van der Waals surface area contributed by atoms with Crippen LogP contribution < -0.4 is 10.2 Å². The molecule has 0 saturated carbocycles. The molecule has 0 aromatic carbocycles. The van der Waals surface area contributed by atoms with E-state index >= 15 is 0 Å². The van der Waals surface area contributed by atoms with Gasteiger partial charge in [0.1, 0.15) is 22.4 Å². The van der Waals surface area contributed by atoms with Gasteiger partial charge in [0.2, 0.25) is 0 Å². The van der Waals surface area contributed by atoms with Gasteiger partial charge in [0, 0.05) is 38.6 Å². The minimum atomic E-state index is 0.412. The highest BCUT2D eigenvalue weighted by Crippen LogP contribution is 2.27. The average Bonchev–Trinajstić information content (AvgIpc) is 2.88. The van der Waals surface area contributed by atoms with Crippen LogP contribution in [-0.2, 0) is 0 Å². The van der Waals surface area contributed by atoms with Crippen LogP contribution in [0.3, 0.4) is 0 Å². The van der Waals surface area contributed by atoms with Gasteiger partial charge in [-0.3, -0.25) is 9.97 Å². The van der Waals surface area contributed by atoms with Crippen LogP contribution >= 0.6 is 34.8 Å². The lowest BCUT2D eigenvalue weighted by Gasteiger charge is -2.28. The standard InChI is InChI=1S/C14H15ClN4.C10H6Cl2N2/c15-11-4-5-13(19-9-7-16-8-10-19)18-14(11)12-3-1-2-6-17-12;11-7-4-5-9(12)14-10(7)8-3-1-2-6-13-8/h1-6,16H,7-10H2;1-6H. The number of rotatable bonds is 3. The van der Waals surface area contributed by atoms with Crippen molar-refractivity contribution in [3.05, 3.63) is 88.3 Å². The first-order valence-electron chi connectivity index (χ1n) is 10.4. The van der Waals surface area contributed by atoms with E-state index in [-0.39, 0.29) is 0 Å². The van der Waals surface area contributed by atoms with Crippen molar-refractivity contribution in [2.45, 2.75) is 0 Å². The Morgan fingerprint density at radius 1 is 0.667 bits per heavy atom. The van der Waals surface area contributed by atoms with Crippen LogP contribution in [0.2, 0.25) is 15.2 Å². The largest absolute Gasteiger partial charge is 0.354 e. The van der Waals surface area contributed by atoms with Crippen molar-refractivity contribution in [1.29, 1.82) is 0 Å². The minimum absolute atomic E-state index is 0.412. The third-order valence-corrected chi connectivity index (χ3v) is 5.72. The highest BCUT2D eigenvalue weighted by molar-refractivity contribution is 6.34. The number of hydrogen-bond donors (Lipinski definition) is 1. The topological polar surface area (TPSA) is 66.8 Å². The lowest BCUT2D eigenvalue weighted by molar-refractivity contribution is 0.585. The summed E-state index contributed by atoms with van der Waals surface area (Å²) >= 11 is 18.0. The van der Waals surface area contributed by atoms with Gasteiger partial charge in [-0.2, -0.15) is 0 Å². The van der Waals surface area contributed by atoms with Gasteiger partial charge in [-0.15, -0.1) is 0 Å². The summed E-state index contributed by atoms with van der Waals surface area (Å²) in [5, 5.41) is 4.93. The Balaban J connectivity index is 0.000000165. The molecular formula is C24H21Cl3N6. The van der Waals surface area contributed by atoms with E-state index in [1.807, 2.05) is 48.5 Å². The number of nitrogens with zero attached hydrogens (tertiary/aromatic N) is 5.